The molecule has 20 heavy (non-hydrogen) atoms. The molecule has 0 saturated heterocycles. The van der Waals surface area contributed by atoms with E-state index >= 15 is 0 Å². The van der Waals surface area contributed by atoms with Gasteiger partial charge < -0.3 is 20.4 Å². The molecule has 0 aliphatic heterocycles. The van der Waals surface area contributed by atoms with Crippen molar-refractivity contribution < 1.29 is 19.8 Å². The monoisotopic (exact) mass is 280 g/mol. The molecular weight excluding hydrogens is 260 g/mol. The van der Waals surface area contributed by atoms with Gasteiger partial charge in [0.2, 0.25) is 0 Å². The number of carboxylic acid groups (broad SMARTS) is 1. The van der Waals surface area contributed by atoms with Crippen LogP contribution in [-0.2, 0) is 11.2 Å². The lowest BCUT2D eigenvalue weighted by Crippen LogP contribution is -2.41. The summed E-state index contributed by atoms with van der Waals surface area (Å²) in [5, 5.41) is 20.6. The molecule has 0 radical (unpaired) electrons. The first-order chi connectivity index (χ1) is 9.40. The SMILES string of the molecule is CC(CN(C)C(=O)NCCc1ccc(O)cc1)C(=O)O. The van der Waals surface area contributed by atoms with Crippen molar-refractivity contribution in [2.24, 2.45) is 5.92 Å². The highest BCUT2D eigenvalue weighted by atomic mass is 16.4. The van der Waals surface area contributed by atoms with Crippen LogP contribution in [0.2, 0.25) is 0 Å². The molecule has 0 aliphatic carbocycles. The molecule has 1 aromatic rings. The van der Waals surface area contributed by atoms with E-state index < -0.39 is 11.9 Å². The van der Waals surface area contributed by atoms with Crippen LogP contribution in [0.3, 0.4) is 0 Å². The summed E-state index contributed by atoms with van der Waals surface area (Å²) in [6.07, 6.45) is 0.647. The summed E-state index contributed by atoms with van der Waals surface area (Å²) in [6, 6.07) is 6.47. The van der Waals surface area contributed by atoms with Crippen LogP contribution in [0, 0.1) is 5.92 Å². The van der Waals surface area contributed by atoms with Gasteiger partial charge in [-0.3, -0.25) is 4.79 Å². The Labute approximate surface area is 118 Å². The van der Waals surface area contributed by atoms with E-state index in [1.807, 2.05) is 0 Å². The number of aliphatic carboxylic acids is 1. The van der Waals surface area contributed by atoms with Crippen LogP contribution in [0.4, 0.5) is 4.79 Å². The van der Waals surface area contributed by atoms with Crippen LogP contribution in [0.25, 0.3) is 0 Å². The van der Waals surface area contributed by atoms with Gasteiger partial charge in [0.25, 0.3) is 0 Å². The fourth-order valence-corrected chi connectivity index (χ4v) is 1.68. The number of carboxylic acids is 1. The fourth-order valence-electron chi connectivity index (χ4n) is 1.68. The normalized spacial score (nSPS) is 11.7. The summed E-state index contributed by atoms with van der Waals surface area (Å²) < 4.78 is 0. The lowest BCUT2D eigenvalue weighted by Gasteiger charge is -2.20. The Hall–Kier alpha value is -2.24. The minimum atomic E-state index is -0.922. The van der Waals surface area contributed by atoms with Crippen molar-refractivity contribution in [2.75, 3.05) is 20.1 Å². The summed E-state index contributed by atoms with van der Waals surface area (Å²) >= 11 is 0. The molecule has 0 fully saturated rings. The quantitative estimate of drug-likeness (QED) is 0.732. The Kier molecular flexibility index (Phi) is 5.83. The van der Waals surface area contributed by atoms with Gasteiger partial charge in [-0.2, -0.15) is 0 Å². The number of carbonyl (C=O) groups is 2. The molecule has 1 rings (SSSR count). The Morgan fingerprint density at radius 1 is 1.30 bits per heavy atom. The van der Waals surface area contributed by atoms with Gasteiger partial charge in [-0.25, -0.2) is 4.79 Å². The molecule has 0 aromatic heterocycles. The number of nitrogens with one attached hydrogen (secondary N) is 1. The third-order valence-corrected chi connectivity index (χ3v) is 2.94. The molecule has 6 nitrogen and oxygen atoms in total. The van der Waals surface area contributed by atoms with Crippen LogP contribution in [0.5, 0.6) is 5.75 Å². The average molecular weight is 280 g/mol. The number of hydrogen-bond acceptors (Lipinski definition) is 3. The Morgan fingerprint density at radius 2 is 1.90 bits per heavy atom. The molecule has 1 atom stereocenters. The molecule has 0 bridgehead atoms. The summed E-state index contributed by atoms with van der Waals surface area (Å²) in [5.41, 5.74) is 1.00. The zero-order valence-corrected chi connectivity index (χ0v) is 11.7. The third-order valence-electron chi connectivity index (χ3n) is 2.94. The van der Waals surface area contributed by atoms with E-state index in [4.69, 9.17) is 10.2 Å². The van der Waals surface area contributed by atoms with E-state index in [1.165, 1.54) is 4.90 Å². The number of aromatic hydroxyl groups is 1. The van der Waals surface area contributed by atoms with E-state index in [1.54, 1.807) is 38.2 Å². The van der Waals surface area contributed by atoms with Crippen molar-refractivity contribution in [3.05, 3.63) is 29.8 Å². The topological polar surface area (TPSA) is 89.9 Å². The summed E-state index contributed by atoms with van der Waals surface area (Å²) in [5.74, 6) is -1.31. The maximum atomic E-state index is 11.7. The van der Waals surface area contributed by atoms with E-state index in [0.29, 0.717) is 13.0 Å². The first kappa shape index (κ1) is 15.8. The highest BCUT2D eigenvalue weighted by Crippen LogP contribution is 2.09. The van der Waals surface area contributed by atoms with Crippen LogP contribution in [0.1, 0.15) is 12.5 Å². The van der Waals surface area contributed by atoms with Crippen molar-refractivity contribution >= 4 is 12.0 Å². The van der Waals surface area contributed by atoms with Crippen molar-refractivity contribution in [3.8, 4) is 5.75 Å². The Morgan fingerprint density at radius 3 is 2.45 bits per heavy atom. The number of carbonyl (C=O) groups excluding carboxylic acids is 1. The number of phenolic OH excluding ortho intramolecular Hbond substituents is 1. The van der Waals surface area contributed by atoms with Gasteiger partial charge in [0.1, 0.15) is 5.75 Å². The predicted octanol–water partition coefficient (Wildman–Crippen LogP) is 1.30. The summed E-state index contributed by atoms with van der Waals surface area (Å²) in [4.78, 5) is 23.8. The maximum Gasteiger partial charge on any atom is 0.317 e. The van der Waals surface area contributed by atoms with Crippen molar-refractivity contribution in [1.29, 1.82) is 0 Å². The molecule has 2 amide bonds. The number of nitrogens with zero attached hydrogens (tertiary/aromatic N) is 1. The largest absolute Gasteiger partial charge is 0.508 e. The second-order valence-electron chi connectivity index (χ2n) is 4.77. The van der Waals surface area contributed by atoms with E-state index in [0.717, 1.165) is 5.56 Å². The molecule has 0 spiro atoms. The lowest BCUT2D eigenvalue weighted by molar-refractivity contribution is -0.141. The molecule has 1 unspecified atom stereocenters. The number of rotatable bonds is 6. The summed E-state index contributed by atoms with van der Waals surface area (Å²) in [6.45, 7) is 2.18. The number of hydrogen-bond donors (Lipinski definition) is 3. The molecule has 6 heteroatoms. The molecule has 3 N–H and O–H groups in total. The lowest BCUT2D eigenvalue weighted by atomic mass is 10.1. The standard InChI is InChI=1S/C14H20N2O4/c1-10(13(18)19)9-16(2)14(20)15-8-7-11-3-5-12(17)6-4-11/h3-6,10,17H,7-9H2,1-2H3,(H,15,20)(H,18,19). The predicted molar refractivity (Wildman–Crippen MR) is 74.6 cm³/mol. The fraction of sp³-hybridized carbons (Fsp3) is 0.429. The first-order valence-corrected chi connectivity index (χ1v) is 6.40. The molecule has 0 aliphatic rings. The van der Waals surface area contributed by atoms with Gasteiger partial charge in [-0.1, -0.05) is 19.1 Å². The molecule has 0 heterocycles. The second kappa shape index (κ2) is 7.37. The molecule has 110 valence electrons. The number of urea groups is 1. The van der Waals surface area contributed by atoms with Gasteiger partial charge in [0.15, 0.2) is 0 Å². The Balaban J connectivity index is 2.32. The zero-order valence-electron chi connectivity index (χ0n) is 11.7. The van der Waals surface area contributed by atoms with Gasteiger partial charge in [0, 0.05) is 20.1 Å². The zero-order chi connectivity index (χ0) is 15.1. The van der Waals surface area contributed by atoms with Crippen molar-refractivity contribution in [2.45, 2.75) is 13.3 Å². The van der Waals surface area contributed by atoms with Crippen LogP contribution in [-0.4, -0.2) is 47.3 Å². The Bertz CT molecular complexity index is 459. The highest BCUT2D eigenvalue weighted by Gasteiger charge is 2.16. The minimum Gasteiger partial charge on any atom is -0.508 e. The average Bonchev–Trinajstić information content (AvgIpc) is 2.40. The smallest absolute Gasteiger partial charge is 0.317 e. The van der Waals surface area contributed by atoms with E-state index in [-0.39, 0.29) is 18.3 Å². The minimum absolute atomic E-state index is 0.167. The van der Waals surface area contributed by atoms with Crippen molar-refractivity contribution in [1.82, 2.24) is 10.2 Å². The summed E-state index contributed by atoms with van der Waals surface area (Å²) in [7, 11) is 1.56. The number of amides is 2. The van der Waals surface area contributed by atoms with Crippen LogP contribution in [0.15, 0.2) is 24.3 Å². The van der Waals surface area contributed by atoms with E-state index in [2.05, 4.69) is 5.32 Å². The number of phenols is 1. The molecule has 0 saturated carbocycles. The molecule has 1 aromatic carbocycles. The van der Waals surface area contributed by atoms with Gasteiger partial charge >= 0.3 is 12.0 Å². The molecular formula is C14H20N2O4. The van der Waals surface area contributed by atoms with Gasteiger partial charge in [-0.15, -0.1) is 0 Å². The van der Waals surface area contributed by atoms with E-state index in [9.17, 15) is 9.59 Å². The van der Waals surface area contributed by atoms with Crippen LogP contribution < -0.4 is 5.32 Å². The maximum absolute atomic E-state index is 11.7. The van der Waals surface area contributed by atoms with Crippen molar-refractivity contribution in [3.63, 3.8) is 0 Å². The number of benzene rings is 1. The van der Waals surface area contributed by atoms with Gasteiger partial charge in [0.05, 0.1) is 5.92 Å². The highest BCUT2D eigenvalue weighted by molar-refractivity contribution is 5.75. The first-order valence-electron chi connectivity index (χ1n) is 6.40. The second-order valence-corrected chi connectivity index (χ2v) is 4.77. The third kappa shape index (κ3) is 5.17. The van der Waals surface area contributed by atoms with Crippen LogP contribution >= 0.6 is 0 Å². The van der Waals surface area contributed by atoms with Gasteiger partial charge in [-0.05, 0) is 24.1 Å².